The molecule has 7 aromatic carbocycles. The molecule has 0 radical (unpaired) electrons. The van der Waals surface area contributed by atoms with Crippen LogP contribution in [0.15, 0.2) is 139 Å². The number of thiophene rings is 1. The first-order valence-electron chi connectivity index (χ1n) is 16.5. The fourth-order valence-electron chi connectivity index (χ4n) is 7.22. The van der Waals surface area contributed by atoms with Crippen molar-refractivity contribution in [2.24, 2.45) is 0 Å². The third kappa shape index (κ3) is 5.00. The van der Waals surface area contributed by atoms with Crippen LogP contribution in [-0.4, -0.2) is 21.2 Å². The van der Waals surface area contributed by atoms with E-state index in [1.165, 1.54) is 54.2 Å². The van der Waals surface area contributed by atoms with Gasteiger partial charge in [-0.05, 0) is 101 Å². The molecule has 0 aliphatic rings. The van der Waals surface area contributed by atoms with E-state index in [4.69, 9.17) is 15.0 Å². The van der Waals surface area contributed by atoms with Gasteiger partial charge in [-0.25, -0.2) is 15.0 Å². The van der Waals surface area contributed by atoms with E-state index in [0.717, 1.165) is 32.5 Å². The third-order valence-electron chi connectivity index (χ3n) is 9.37. The first kappa shape index (κ1) is 29.8. The monoisotopic (exact) mass is 665 g/mol. The molecule has 0 aliphatic heterocycles. The summed E-state index contributed by atoms with van der Waals surface area (Å²) in [5, 5.41) is 14.2. The highest BCUT2D eigenvalue weighted by Gasteiger charge is 2.22. The Bertz CT molecular complexity index is 2690. The van der Waals surface area contributed by atoms with Crippen LogP contribution >= 0.6 is 23.1 Å². The molecule has 49 heavy (non-hydrogen) atoms. The summed E-state index contributed by atoms with van der Waals surface area (Å²) < 4.78 is 0. The number of hydrogen-bond donors (Lipinski definition) is 0. The fourth-order valence-corrected chi connectivity index (χ4v) is 8.49. The second kappa shape index (κ2) is 12.3. The van der Waals surface area contributed by atoms with Crippen LogP contribution in [0, 0.1) is 0 Å². The van der Waals surface area contributed by atoms with Gasteiger partial charge in [-0.1, -0.05) is 122 Å². The van der Waals surface area contributed by atoms with E-state index < -0.39 is 0 Å². The molecule has 3 nitrogen and oxygen atoms in total. The van der Waals surface area contributed by atoms with E-state index in [2.05, 4.69) is 152 Å². The summed E-state index contributed by atoms with van der Waals surface area (Å²) >= 11 is 3.33. The second-order valence-corrected chi connectivity index (χ2v) is 14.0. The Morgan fingerprint density at radius 3 is 1.90 bits per heavy atom. The van der Waals surface area contributed by atoms with Gasteiger partial charge in [0, 0.05) is 10.5 Å². The summed E-state index contributed by atoms with van der Waals surface area (Å²) in [6.45, 7) is 2.15. The Labute approximate surface area is 293 Å². The first-order valence-corrected chi connectivity index (χ1v) is 18.6. The van der Waals surface area contributed by atoms with E-state index in [1.54, 1.807) is 23.1 Å². The molecule has 0 spiro atoms. The Balaban J connectivity index is 1.36. The van der Waals surface area contributed by atoms with E-state index in [0.29, 0.717) is 17.5 Å². The average Bonchev–Trinajstić information content (AvgIpc) is 3.70. The zero-order valence-electron chi connectivity index (χ0n) is 27.1. The Hall–Kier alpha value is -5.36. The number of aromatic nitrogens is 3. The molecular weight excluding hydrogens is 635 g/mol. The molecule has 0 bridgehead atoms. The maximum absolute atomic E-state index is 5.21. The normalized spacial score (nSPS) is 12.2. The van der Waals surface area contributed by atoms with Crippen LogP contribution in [0.3, 0.4) is 0 Å². The molecular formula is C44H31N3S2. The van der Waals surface area contributed by atoms with Gasteiger partial charge in [0.15, 0.2) is 17.5 Å². The highest BCUT2D eigenvalue weighted by atomic mass is 32.2. The van der Waals surface area contributed by atoms with Crippen LogP contribution < -0.4 is 0 Å². The summed E-state index contributed by atoms with van der Waals surface area (Å²) in [6, 6.07) is 46.2. The molecule has 9 aromatic rings. The van der Waals surface area contributed by atoms with E-state index >= 15 is 0 Å². The van der Waals surface area contributed by atoms with Crippen LogP contribution in [0.2, 0.25) is 0 Å². The molecule has 9 rings (SSSR count). The third-order valence-corrected chi connectivity index (χ3v) is 11.0. The number of allylic oxidation sites excluding steroid dienone is 1. The summed E-state index contributed by atoms with van der Waals surface area (Å²) in [5.41, 5.74) is 3.48. The molecule has 5 heteroatoms. The number of fused-ring (bicyclic) bond motifs is 6. The lowest BCUT2D eigenvalue weighted by molar-refractivity contribution is 1.05. The lowest BCUT2D eigenvalue weighted by atomic mass is 9.85. The molecule has 2 aromatic heterocycles. The van der Waals surface area contributed by atoms with E-state index in [1.807, 2.05) is 0 Å². The minimum atomic E-state index is 0.694. The minimum absolute atomic E-state index is 0.694. The second-order valence-electron chi connectivity index (χ2n) is 12.2. The molecule has 0 saturated carbocycles. The van der Waals surface area contributed by atoms with Gasteiger partial charge in [-0.2, -0.15) is 0 Å². The Kier molecular flexibility index (Phi) is 7.45. The summed E-state index contributed by atoms with van der Waals surface area (Å²) in [5.74, 6) is 2.12. The number of rotatable bonds is 6. The summed E-state index contributed by atoms with van der Waals surface area (Å²) in [6.07, 6.45) is 5.20. The van der Waals surface area contributed by atoms with Gasteiger partial charge >= 0.3 is 0 Å². The zero-order chi connectivity index (χ0) is 32.9. The molecule has 0 atom stereocenters. The van der Waals surface area contributed by atoms with Crippen LogP contribution in [0.25, 0.3) is 92.0 Å². The van der Waals surface area contributed by atoms with E-state index in [-0.39, 0.29) is 0 Å². The van der Waals surface area contributed by atoms with Gasteiger partial charge in [-0.15, -0.1) is 23.1 Å². The lowest BCUT2D eigenvalue weighted by Gasteiger charge is -2.19. The number of thioether (sulfide) groups is 1. The Morgan fingerprint density at radius 1 is 0.571 bits per heavy atom. The average molecular weight is 666 g/mol. The van der Waals surface area contributed by atoms with Crippen molar-refractivity contribution in [2.75, 3.05) is 6.26 Å². The SMILES string of the molecule is CCC=C(SC)c1nc(-c2cccs2)nc(-c2c3ccccc3c(-c3cccc4c3ccc3cc5ccccc5cc34)c3ccccc23)n1. The van der Waals surface area contributed by atoms with Crippen molar-refractivity contribution >= 4 is 81.9 Å². The maximum atomic E-state index is 5.21. The molecule has 0 saturated heterocycles. The maximum Gasteiger partial charge on any atom is 0.174 e. The van der Waals surface area contributed by atoms with Crippen LogP contribution in [-0.2, 0) is 0 Å². The summed E-state index contributed by atoms with van der Waals surface area (Å²) in [4.78, 5) is 17.5. The smallest absolute Gasteiger partial charge is 0.174 e. The fraction of sp³-hybridized carbons (Fsp3) is 0.0682. The van der Waals surface area contributed by atoms with E-state index in [9.17, 15) is 0 Å². The number of hydrogen-bond acceptors (Lipinski definition) is 5. The van der Waals surface area contributed by atoms with Crippen LogP contribution in [0.4, 0.5) is 0 Å². The van der Waals surface area contributed by atoms with Gasteiger partial charge in [0.05, 0.1) is 4.88 Å². The van der Waals surface area contributed by atoms with Gasteiger partial charge in [0.1, 0.15) is 0 Å². The van der Waals surface area contributed by atoms with Crippen LogP contribution in [0.5, 0.6) is 0 Å². The molecule has 234 valence electrons. The van der Waals surface area contributed by atoms with Gasteiger partial charge < -0.3 is 0 Å². The largest absolute Gasteiger partial charge is 0.208 e. The van der Waals surface area contributed by atoms with Crippen molar-refractivity contribution in [1.82, 2.24) is 15.0 Å². The minimum Gasteiger partial charge on any atom is -0.208 e. The standard InChI is InChI=1S/C44H31N3S2/c1-3-12-38(48-2)42-45-43(39-21-11-24-49-39)47-44(46-42)41-35-17-8-6-15-33(35)40(34-16-7-9-18-36(34)41)32-20-10-19-30-31(32)23-22-29-25-27-13-4-5-14-28(27)26-37(29)30/h4-26H,3H2,1-2H3. The molecule has 2 heterocycles. The predicted molar refractivity (Wildman–Crippen MR) is 213 cm³/mol. The molecule has 0 fully saturated rings. The molecule has 0 aliphatic carbocycles. The van der Waals surface area contributed by atoms with Gasteiger partial charge in [0.25, 0.3) is 0 Å². The lowest BCUT2D eigenvalue weighted by Crippen LogP contribution is -2.02. The van der Waals surface area contributed by atoms with Crippen LogP contribution in [0.1, 0.15) is 19.2 Å². The van der Waals surface area contributed by atoms with Crippen molar-refractivity contribution < 1.29 is 0 Å². The molecule has 0 amide bonds. The zero-order valence-corrected chi connectivity index (χ0v) is 28.8. The van der Waals surface area contributed by atoms with Crippen molar-refractivity contribution in [3.05, 3.63) is 145 Å². The van der Waals surface area contributed by atoms with Crippen molar-refractivity contribution in [3.63, 3.8) is 0 Å². The van der Waals surface area contributed by atoms with Gasteiger partial charge in [-0.3, -0.25) is 0 Å². The topological polar surface area (TPSA) is 38.7 Å². The number of nitrogens with zero attached hydrogens (tertiary/aromatic N) is 3. The van der Waals surface area contributed by atoms with Crippen molar-refractivity contribution in [3.8, 4) is 33.2 Å². The summed E-state index contributed by atoms with van der Waals surface area (Å²) in [7, 11) is 0. The van der Waals surface area contributed by atoms with Gasteiger partial charge in [0.2, 0.25) is 0 Å². The predicted octanol–water partition coefficient (Wildman–Crippen LogP) is 12.8. The number of benzene rings is 7. The van der Waals surface area contributed by atoms with Crippen molar-refractivity contribution in [2.45, 2.75) is 13.3 Å². The molecule has 0 unspecified atom stereocenters. The highest BCUT2D eigenvalue weighted by Crippen LogP contribution is 2.46. The van der Waals surface area contributed by atoms with Crippen molar-refractivity contribution in [1.29, 1.82) is 0 Å². The molecule has 0 N–H and O–H groups in total. The highest BCUT2D eigenvalue weighted by molar-refractivity contribution is 8.07. The quantitative estimate of drug-likeness (QED) is 0.131. The first-order chi connectivity index (χ1) is 24.2. The Morgan fingerprint density at radius 2 is 1.22 bits per heavy atom.